The molecule has 0 aliphatic carbocycles. The standard InChI is InChI=1S/C13H16F4N2/c1-9-7-19(3-2-18-9)8-10-4-11(13(15,16)17)6-12(14)5-10/h4-6,9,18H,2-3,7-8H2,1H3/t9-/m0/s1. The zero-order valence-electron chi connectivity index (χ0n) is 10.6. The lowest BCUT2D eigenvalue weighted by Crippen LogP contribution is -2.48. The summed E-state index contributed by atoms with van der Waals surface area (Å²) in [6.07, 6.45) is -4.51. The van der Waals surface area contributed by atoms with Gasteiger partial charge in [-0.3, -0.25) is 4.90 Å². The first-order valence-electron chi connectivity index (χ1n) is 6.17. The first-order valence-corrected chi connectivity index (χ1v) is 6.17. The van der Waals surface area contributed by atoms with Gasteiger partial charge in [0.2, 0.25) is 0 Å². The van der Waals surface area contributed by atoms with Crippen LogP contribution in [-0.4, -0.2) is 30.6 Å². The topological polar surface area (TPSA) is 15.3 Å². The number of hydrogen-bond acceptors (Lipinski definition) is 2. The third-order valence-electron chi connectivity index (χ3n) is 3.14. The van der Waals surface area contributed by atoms with Crippen molar-refractivity contribution in [3.8, 4) is 0 Å². The van der Waals surface area contributed by atoms with Crippen LogP contribution < -0.4 is 5.32 Å². The highest BCUT2D eigenvalue weighted by Crippen LogP contribution is 2.30. The fourth-order valence-corrected chi connectivity index (χ4v) is 2.32. The third kappa shape index (κ3) is 3.91. The van der Waals surface area contributed by atoms with Crippen LogP contribution in [-0.2, 0) is 12.7 Å². The van der Waals surface area contributed by atoms with Gasteiger partial charge in [-0.2, -0.15) is 13.2 Å². The van der Waals surface area contributed by atoms with Crippen molar-refractivity contribution < 1.29 is 17.6 Å². The van der Waals surface area contributed by atoms with Gasteiger partial charge in [0.1, 0.15) is 5.82 Å². The van der Waals surface area contributed by atoms with Crippen LogP contribution in [0.5, 0.6) is 0 Å². The van der Waals surface area contributed by atoms with Crippen molar-refractivity contribution in [3.05, 3.63) is 35.1 Å². The van der Waals surface area contributed by atoms with E-state index in [1.54, 1.807) is 0 Å². The fraction of sp³-hybridized carbons (Fsp3) is 0.538. The van der Waals surface area contributed by atoms with Crippen LogP contribution in [0.4, 0.5) is 17.6 Å². The summed E-state index contributed by atoms with van der Waals surface area (Å²) < 4.78 is 51.1. The number of benzene rings is 1. The monoisotopic (exact) mass is 276 g/mol. The van der Waals surface area contributed by atoms with E-state index in [2.05, 4.69) is 5.32 Å². The molecule has 0 amide bonds. The van der Waals surface area contributed by atoms with Crippen molar-refractivity contribution >= 4 is 0 Å². The number of alkyl halides is 3. The molecule has 6 heteroatoms. The molecule has 1 aliphatic heterocycles. The maximum Gasteiger partial charge on any atom is 0.416 e. The van der Waals surface area contributed by atoms with Gasteiger partial charge < -0.3 is 5.32 Å². The van der Waals surface area contributed by atoms with Gasteiger partial charge in [-0.15, -0.1) is 0 Å². The molecule has 0 saturated carbocycles. The van der Waals surface area contributed by atoms with Crippen LogP contribution in [0.25, 0.3) is 0 Å². The summed E-state index contributed by atoms with van der Waals surface area (Å²) in [5, 5.41) is 3.25. The Morgan fingerprint density at radius 2 is 2.05 bits per heavy atom. The molecular formula is C13H16F4N2. The lowest BCUT2D eigenvalue weighted by atomic mass is 10.1. The highest BCUT2D eigenvalue weighted by Gasteiger charge is 2.31. The molecule has 1 heterocycles. The fourth-order valence-electron chi connectivity index (χ4n) is 2.32. The van der Waals surface area contributed by atoms with Crippen LogP contribution in [0.3, 0.4) is 0 Å². The van der Waals surface area contributed by atoms with Crippen molar-refractivity contribution in [3.63, 3.8) is 0 Å². The molecule has 0 spiro atoms. The number of hydrogen-bond donors (Lipinski definition) is 1. The average molecular weight is 276 g/mol. The highest BCUT2D eigenvalue weighted by molar-refractivity contribution is 5.26. The van der Waals surface area contributed by atoms with Crippen LogP contribution in [0.15, 0.2) is 18.2 Å². The first-order chi connectivity index (χ1) is 8.84. The Kier molecular flexibility index (Phi) is 4.10. The molecule has 1 aromatic rings. The molecule has 0 bridgehead atoms. The molecule has 1 fully saturated rings. The van der Waals surface area contributed by atoms with E-state index >= 15 is 0 Å². The van der Waals surface area contributed by atoms with Gasteiger partial charge in [0.15, 0.2) is 0 Å². The minimum absolute atomic E-state index is 0.296. The molecule has 0 radical (unpaired) electrons. The highest BCUT2D eigenvalue weighted by atomic mass is 19.4. The summed E-state index contributed by atoms with van der Waals surface area (Å²) in [5.74, 6) is -0.840. The molecule has 1 N–H and O–H groups in total. The van der Waals surface area contributed by atoms with Gasteiger partial charge in [0.05, 0.1) is 5.56 Å². The van der Waals surface area contributed by atoms with Gasteiger partial charge in [-0.25, -0.2) is 4.39 Å². The molecule has 106 valence electrons. The third-order valence-corrected chi connectivity index (χ3v) is 3.14. The maximum atomic E-state index is 13.3. The van der Waals surface area contributed by atoms with E-state index in [9.17, 15) is 17.6 Å². The lowest BCUT2D eigenvalue weighted by molar-refractivity contribution is -0.137. The van der Waals surface area contributed by atoms with Crippen molar-refractivity contribution in [2.45, 2.75) is 25.7 Å². The smallest absolute Gasteiger partial charge is 0.312 e. The summed E-state index contributed by atoms with van der Waals surface area (Å²) in [5.41, 5.74) is -0.563. The maximum absolute atomic E-state index is 13.3. The molecule has 1 aromatic carbocycles. The summed E-state index contributed by atoms with van der Waals surface area (Å²) in [4.78, 5) is 2.02. The second-order valence-corrected chi connectivity index (χ2v) is 4.94. The van der Waals surface area contributed by atoms with E-state index in [0.29, 0.717) is 24.2 Å². The zero-order chi connectivity index (χ0) is 14.0. The SMILES string of the molecule is C[C@H]1CN(Cc2cc(F)cc(C(F)(F)F)c2)CCN1. The Balaban J connectivity index is 2.14. The number of nitrogens with one attached hydrogen (secondary N) is 1. The lowest BCUT2D eigenvalue weighted by Gasteiger charge is -2.31. The molecule has 1 aliphatic rings. The minimum Gasteiger partial charge on any atom is -0.312 e. The summed E-state index contributed by atoms with van der Waals surface area (Å²) >= 11 is 0. The van der Waals surface area contributed by atoms with E-state index in [-0.39, 0.29) is 0 Å². The van der Waals surface area contributed by atoms with Crippen LogP contribution in [0.2, 0.25) is 0 Å². The largest absolute Gasteiger partial charge is 0.416 e. The second kappa shape index (κ2) is 5.46. The summed E-state index contributed by atoms with van der Waals surface area (Å²) in [6, 6.07) is 3.02. The van der Waals surface area contributed by atoms with Crippen molar-refractivity contribution in [1.29, 1.82) is 0 Å². The van der Waals surface area contributed by atoms with E-state index in [0.717, 1.165) is 25.7 Å². The molecule has 1 atom stereocenters. The molecule has 0 aromatic heterocycles. The van der Waals surface area contributed by atoms with Crippen LogP contribution in [0.1, 0.15) is 18.1 Å². The van der Waals surface area contributed by atoms with Gasteiger partial charge in [-0.1, -0.05) is 0 Å². The predicted octanol–water partition coefficient (Wildman–Crippen LogP) is 2.64. The number of nitrogens with zero attached hydrogens (tertiary/aromatic N) is 1. The van der Waals surface area contributed by atoms with Gasteiger partial charge in [0, 0.05) is 32.2 Å². The van der Waals surface area contributed by atoms with E-state index in [1.807, 2.05) is 11.8 Å². The Bertz CT molecular complexity index is 445. The van der Waals surface area contributed by atoms with Gasteiger partial charge in [0.25, 0.3) is 0 Å². The van der Waals surface area contributed by atoms with Crippen LogP contribution >= 0.6 is 0 Å². The number of piperazine rings is 1. The Hall–Kier alpha value is -1.14. The summed E-state index contributed by atoms with van der Waals surface area (Å²) in [7, 11) is 0. The Morgan fingerprint density at radius 1 is 1.32 bits per heavy atom. The first kappa shape index (κ1) is 14.3. The average Bonchev–Trinajstić information content (AvgIpc) is 2.26. The number of rotatable bonds is 2. The zero-order valence-corrected chi connectivity index (χ0v) is 10.6. The van der Waals surface area contributed by atoms with E-state index < -0.39 is 17.6 Å². The van der Waals surface area contributed by atoms with E-state index in [1.165, 1.54) is 6.07 Å². The predicted molar refractivity (Wildman–Crippen MR) is 64.1 cm³/mol. The molecule has 2 rings (SSSR count). The van der Waals surface area contributed by atoms with Crippen molar-refractivity contribution in [1.82, 2.24) is 10.2 Å². The Morgan fingerprint density at radius 3 is 2.68 bits per heavy atom. The Labute approximate surface area is 109 Å². The van der Waals surface area contributed by atoms with Crippen molar-refractivity contribution in [2.24, 2.45) is 0 Å². The molecule has 0 unspecified atom stereocenters. The molecule has 1 saturated heterocycles. The quantitative estimate of drug-likeness (QED) is 0.835. The molecular weight excluding hydrogens is 260 g/mol. The second-order valence-electron chi connectivity index (χ2n) is 4.94. The molecule has 19 heavy (non-hydrogen) atoms. The van der Waals surface area contributed by atoms with Crippen molar-refractivity contribution in [2.75, 3.05) is 19.6 Å². The van der Waals surface area contributed by atoms with Gasteiger partial charge >= 0.3 is 6.18 Å². The normalized spacial score (nSPS) is 21.6. The number of halogens is 4. The minimum atomic E-state index is -4.51. The van der Waals surface area contributed by atoms with E-state index in [4.69, 9.17) is 0 Å². The van der Waals surface area contributed by atoms with Crippen LogP contribution in [0, 0.1) is 5.82 Å². The van der Waals surface area contributed by atoms with Gasteiger partial charge in [-0.05, 0) is 30.7 Å². The summed E-state index contributed by atoms with van der Waals surface area (Å²) in [6.45, 7) is 4.65. The molecule has 2 nitrogen and oxygen atoms in total.